The first kappa shape index (κ1) is 16.4. The van der Waals surface area contributed by atoms with Gasteiger partial charge in [-0.2, -0.15) is 0 Å². The first-order valence-corrected chi connectivity index (χ1v) is 8.16. The lowest BCUT2D eigenvalue weighted by Crippen LogP contribution is -2.41. The molecule has 0 saturated carbocycles. The fraction of sp³-hybridized carbons (Fsp3) is 0.294. The summed E-state index contributed by atoms with van der Waals surface area (Å²) in [5.74, 6) is 1.21. The minimum absolute atomic E-state index is 0.0410. The Morgan fingerprint density at radius 2 is 2.21 bits per heavy atom. The summed E-state index contributed by atoms with van der Waals surface area (Å²) in [6, 6.07) is 10.8. The molecular formula is C17H19N3O3S. The van der Waals surface area contributed by atoms with E-state index in [1.807, 2.05) is 36.2 Å². The fourth-order valence-electron chi connectivity index (χ4n) is 2.73. The number of benzene rings is 1. The predicted octanol–water partition coefficient (Wildman–Crippen LogP) is 1.86. The number of amides is 1. The van der Waals surface area contributed by atoms with Gasteiger partial charge in [0.15, 0.2) is 6.61 Å². The molecule has 7 heteroatoms. The first-order valence-electron chi connectivity index (χ1n) is 7.72. The Hall–Kier alpha value is -2.41. The summed E-state index contributed by atoms with van der Waals surface area (Å²) in [7, 11) is 1.87. The minimum Gasteiger partial charge on any atom is -0.711 e. The van der Waals surface area contributed by atoms with Crippen LogP contribution in [0.4, 0.5) is 11.5 Å². The number of anilines is 2. The number of hydrogen-bond acceptors (Lipinski definition) is 5. The van der Waals surface area contributed by atoms with Crippen molar-refractivity contribution in [1.29, 1.82) is 0 Å². The van der Waals surface area contributed by atoms with Crippen LogP contribution in [0.1, 0.15) is 6.42 Å². The van der Waals surface area contributed by atoms with Gasteiger partial charge in [0.1, 0.15) is 5.75 Å². The molecule has 3 rings (SSSR count). The zero-order valence-electron chi connectivity index (χ0n) is 13.4. The van der Waals surface area contributed by atoms with E-state index in [4.69, 9.17) is 4.74 Å². The average Bonchev–Trinajstić information content (AvgIpc) is 2.57. The van der Waals surface area contributed by atoms with Crippen molar-refractivity contribution < 1.29 is 14.3 Å². The van der Waals surface area contributed by atoms with Gasteiger partial charge in [0.2, 0.25) is 0 Å². The number of pyridine rings is 1. The highest BCUT2D eigenvalue weighted by Gasteiger charge is 2.25. The molecule has 0 saturated heterocycles. The SMILES string of the molecule is CN(CCCN1C(=O)COc2cc(S)ccc21)c1cccc[n+]1[O-]. The maximum atomic E-state index is 12.2. The van der Waals surface area contributed by atoms with Gasteiger partial charge >= 0.3 is 0 Å². The van der Waals surface area contributed by atoms with Crippen LogP contribution >= 0.6 is 12.6 Å². The standard InChI is InChI=1S/C17H19N3O3S/c1-18(16-5-2-3-10-20(16)22)8-4-9-19-14-7-6-13(24)11-15(14)23-12-17(19)21/h2-3,5-7,10-11,24H,4,8-9,12H2,1H3. The van der Waals surface area contributed by atoms with Gasteiger partial charge < -0.3 is 14.8 Å². The van der Waals surface area contributed by atoms with Gasteiger partial charge in [0.25, 0.3) is 11.7 Å². The van der Waals surface area contributed by atoms with Gasteiger partial charge in [0, 0.05) is 23.9 Å². The van der Waals surface area contributed by atoms with Gasteiger partial charge in [0.05, 0.1) is 25.5 Å². The molecule has 126 valence electrons. The third kappa shape index (κ3) is 3.41. The molecule has 24 heavy (non-hydrogen) atoms. The van der Waals surface area contributed by atoms with E-state index in [-0.39, 0.29) is 12.5 Å². The molecule has 1 aromatic carbocycles. The second kappa shape index (κ2) is 7.00. The van der Waals surface area contributed by atoms with Crippen LogP contribution in [0, 0.1) is 5.21 Å². The molecule has 2 aromatic rings. The van der Waals surface area contributed by atoms with Gasteiger partial charge in [-0.05, 0) is 24.3 Å². The Morgan fingerprint density at radius 1 is 1.38 bits per heavy atom. The number of aromatic nitrogens is 1. The summed E-state index contributed by atoms with van der Waals surface area (Å²) in [5.41, 5.74) is 0.769. The summed E-state index contributed by atoms with van der Waals surface area (Å²) in [6.45, 7) is 1.27. The second-order valence-electron chi connectivity index (χ2n) is 5.65. The minimum atomic E-state index is -0.0596. The van der Waals surface area contributed by atoms with E-state index in [1.165, 1.54) is 6.20 Å². The van der Waals surface area contributed by atoms with Crippen molar-refractivity contribution in [3.63, 3.8) is 0 Å². The van der Waals surface area contributed by atoms with E-state index in [9.17, 15) is 10.0 Å². The molecule has 1 amide bonds. The largest absolute Gasteiger partial charge is 0.711 e. The smallest absolute Gasteiger partial charge is 0.279 e. The van der Waals surface area contributed by atoms with Gasteiger partial charge in [-0.1, -0.05) is 6.07 Å². The highest BCUT2D eigenvalue weighted by molar-refractivity contribution is 7.80. The Balaban J connectivity index is 1.65. The molecule has 0 bridgehead atoms. The van der Waals surface area contributed by atoms with E-state index in [2.05, 4.69) is 12.6 Å². The molecule has 0 fully saturated rings. The Labute approximate surface area is 146 Å². The van der Waals surface area contributed by atoms with Crippen LogP contribution in [0.15, 0.2) is 47.5 Å². The van der Waals surface area contributed by atoms with Crippen molar-refractivity contribution in [2.45, 2.75) is 11.3 Å². The number of thiol groups is 1. The van der Waals surface area contributed by atoms with Crippen molar-refractivity contribution in [3.8, 4) is 5.75 Å². The monoisotopic (exact) mass is 345 g/mol. The molecular weight excluding hydrogens is 326 g/mol. The fourth-order valence-corrected chi connectivity index (χ4v) is 2.93. The van der Waals surface area contributed by atoms with Gasteiger partial charge in [-0.15, -0.1) is 12.6 Å². The topological polar surface area (TPSA) is 59.7 Å². The van der Waals surface area contributed by atoms with Crippen molar-refractivity contribution in [2.75, 3.05) is 36.5 Å². The summed E-state index contributed by atoms with van der Waals surface area (Å²) in [5, 5.41) is 11.8. The summed E-state index contributed by atoms with van der Waals surface area (Å²) in [6.07, 6.45) is 2.21. The van der Waals surface area contributed by atoms with Crippen molar-refractivity contribution >= 4 is 30.0 Å². The quantitative estimate of drug-likeness (QED) is 0.510. The van der Waals surface area contributed by atoms with Crippen LogP contribution in [0.5, 0.6) is 5.75 Å². The van der Waals surface area contributed by atoms with E-state index in [0.717, 1.165) is 21.7 Å². The number of rotatable bonds is 5. The molecule has 0 spiro atoms. The number of fused-ring (bicyclic) bond motifs is 1. The molecule has 1 aromatic heterocycles. The molecule has 0 N–H and O–H groups in total. The molecule has 0 atom stereocenters. The third-order valence-electron chi connectivity index (χ3n) is 3.96. The third-order valence-corrected chi connectivity index (χ3v) is 4.23. The van der Waals surface area contributed by atoms with Crippen LogP contribution < -0.4 is 19.3 Å². The van der Waals surface area contributed by atoms with E-state index in [0.29, 0.717) is 24.7 Å². The number of ether oxygens (including phenoxy) is 1. The van der Waals surface area contributed by atoms with E-state index in [1.54, 1.807) is 17.0 Å². The maximum absolute atomic E-state index is 12.2. The Morgan fingerprint density at radius 3 is 3.00 bits per heavy atom. The normalized spacial score (nSPS) is 13.4. The molecule has 0 radical (unpaired) electrons. The highest BCUT2D eigenvalue weighted by Crippen LogP contribution is 2.33. The molecule has 0 unspecified atom stereocenters. The van der Waals surface area contributed by atoms with Crippen LogP contribution in [-0.4, -0.2) is 32.7 Å². The van der Waals surface area contributed by atoms with Crippen LogP contribution in [0.3, 0.4) is 0 Å². The summed E-state index contributed by atoms with van der Waals surface area (Å²) in [4.78, 5) is 16.6. The van der Waals surface area contributed by atoms with E-state index >= 15 is 0 Å². The van der Waals surface area contributed by atoms with Gasteiger partial charge in [-0.3, -0.25) is 9.69 Å². The van der Waals surface area contributed by atoms with Crippen molar-refractivity contribution in [1.82, 2.24) is 0 Å². The Bertz CT molecular complexity index is 754. The van der Waals surface area contributed by atoms with Crippen LogP contribution in [0.25, 0.3) is 0 Å². The number of hydrogen-bond donors (Lipinski definition) is 1. The Kier molecular flexibility index (Phi) is 4.80. The lowest BCUT2D eigenvalue weighted by atomic mass is 10.2. The molecule has 2 heterocycles. The van der Waals surface area contributed by atoms with Crippen LogP contribution in [0.2, 0.25) is 0 Å². The van der Waals surface area contributed by atoms with Crippen molar-refractivity contribution in [3.05, 3.63) is 47.8 Å². The second-order valence-corrected chi connectivity index (χ2v) is 6.16. The summed E-state index contributed by atoms with van der Waals surface area (Å²) >= 11 is 4.30. The molecule has 0 aliphatic carbocycles. The molecule has 6 nitrogen and oxygen atoms in total. The zero-order chi connectivity index (χ0) is 17.1. The lowest BCUT2D eigenvalue weighted by Gasteiger charge is -2.29. The average molecular weight is 345 g/mol. The van der Waals surface area contributed by atoms with E-state index < -0.39 is 0 Å². The van der Waals surface area contributed by atoms with Crippen molar-refractivity contribution in [2.24, 2.45) is 0 Å². The van der Waals surface area contributed by atoms with Crippen LogP contribution in [-0.2, 0) is 4.79 Å². The number of carbonyl (C=O) groups is 1. The summed E-state index contributed by atoms with van der Waals surface area (Å²) < 4.78 is 6.30. The lowest BCUT2D eigenvalue weighted by molar-refractivity contribution is -0.592. The maximum Gasteiger partial charge on any atom is 0.279 e. The molecule has 1 aliphatic heterocycles. The highest BCUT2D eigenvalue weighted by atomic mass is 32.1. The number of nitrogens with zero attached hydrogens (tertiary/aromatic N) is 3. The molecule has 1 aliphatic rings. The van der Waals surface area contributed by atoms with Gasteiger partial charge in [-0.25, -0.2) is 4.73 Å². The first-order chi connectivity index (χ1) is 11.6. The number of carbonyl (C=O) groups excluding carboxylic acids is 1. The predicted molar refractivity (Wildman–Crippen MR) is 94.8 cm³/mol. The zero-order valence-corrected chi connectivity index (χ0v) is 14.3.